The third-order valence-corrected chi connectivity index (χ3v) is 2.83. The Hall–Kier alpha value is -0.530. The molecule has 0 radical (unpaired) electrons. The van der Waals surface area contributed by atoms with E-state index in [4.69, 9.17) is 11.6 Å². The van der Waals surface area contributed by atoms with E-state index in [-0.39, 0.29) is 5.41 Å². The fraction of sp³-hybridized carbons (Fsp3) is 0.538. The standard InChI is InChI=1S/C13H20ClN/c1-5-15-12(13(2,3)4)10-8-6-7-9-11(10)14/h6-9,12,15H,5H2,1-4H3. The van der Waals surface area contributed by atoms with Crippen LogP contribution in [0.4, 0.5) is 0 Å². The summed E-state index contributed by atoms with van der Waals surface area (Å²) in [5.74, 6) is 0. The third kappa shape index (κ3) is 3.22. The highest BCUT2D eigenvalue weighted by atomic mass is 35.5. The first-order chi connectivity index (χ1) is 6.96. The highest BCUT2D eigenvalue weighted by molar-refractivity contribution is 6.31. The maximum absolute atomic E-state index is 6.22. The Morgan fingerprint density at radius 2 is 1.87 bits per heavy atom. The van der Waals surface area contributed by atoms with Crippen molar-refractivity contribution in [2.24, 2.45) is 5.41 Å². The molecule has 2 heteroatoms. The Labute approximate surface area is 97.8 Å². The third-order valence-electron chi connectivity index (χ3n) is 2.49. The largest absolute Gasteiger partial charge is 0.310 e. The van der Waals surface area contributed by atoms with Gasteiger partial charge in [-0.15, -0.1) is 0 Å². The summed E-state index contributed by atoms with van der Waals surface area (Å²) in [6.07, 6.45) is 0. The van der Waals surface area contributed by atoms with E-state index in [0.717, 1.165) is 11.6 Å². The van der Waals surface area contributed by atoms with E-state index < -0.39 is 0 Å². The van der Waals surface area contributed by atoms with Crippen LogP contribution in [-0.2, 0) is 0 Å². The molecule has 1 nitrogen and oxygen atoms in total. The lowest BCUT2D eigenvalue weighted by Crippen LogP contribution is -2.32. The van der Waals surface area contributed by atoms with Crippen LogP contribution in [0.5, 0.6) is 0 Å². The Balaban J connectivity index is 3.05. The molecule has 0 aromatic heterocycles. The maximum Gasteiger partial charge on any atom is 0.0454 e. The molecular weight excluding hydrogens is 206 g/mol. The lowest BCUT2D eigenvalue weighted by molar-refractivity contribution is 0.277. The van der Waals surface area contributed by atoms with Crippen molar-refractivity contribution in [2.75, 3.05) is 6.54 Å². The lowest BCUT2D eigenvalue weighted by Gasteiger charge is -2.32. The molecule has 0 amide bonds. The van der Waals surface area contributed by atoms with Crippen LogP contribution in [0, 0.1) is 5.41 Å². The SMILES string of the molecule is CCNC(c1ccccc1Cl)C(C)(C)C. The molecule has 0 heterocycles. The second-order valence-corrected chi connectivity index (χ2v) is 5.29. The van der Waals surface area contributed by atoms with Gasteiger partial charge in [-0.3, -0.25) is 0 Å². The van der Waals surface area contributed by atoms with E-state index >= 15 is 0 Å². The van der Waals surface area contributed by atoms with Crippen LogP contribution in [0.15, 0.2) is 24.3 Å². The number of rotatable bonds is 3. The van der Waals surface area contributed by atoms with Crippen molar-refractivity contribution in [3.63, 3.8) is 0 Å². The van der Waals surface area contributed by atoms with Crippen molar-refractivity contribution in [1.29, 1.82) is 0 Å². The predicted octanol–water partition coefficient (Wildman–Crippen LogP) is 4.04. The van der Waals surface area contributed by atoms with E-state index in [0.29, 0.717) is 6.04 Å². The molecule has 15 heavy (non-hydrogen) atoms. The van der Waals surface area contributed by atoms with Gasteiger partial charge < -0.3 is 5.32 Å². The molecule has 1 N–H and O–H groups in total. The van der Waals surface area contributed by atoms with Crippen LogP contribution in [0.1, 0.15) is 39.3 Å². The highest BCUT2D eigenvalue weighted by Crippen LogP contribution is 2.35. The zero-order valence-corrected chi connectivity index (χ0v) is 10.7. The van der Waals surface area contributed by atoms with Gasteiger partial charge in [0, 0.05) is 11.1 Å². The molecule has 0 aliphatic heterocycles. The first kappa shape index (κ1) is 12.5. The maximum atomic E-state index is 6.22. The number of benzene rings is 1. The molecular formula is C13H20ClN. The van der Waals surface area contributed by atoms with E-state index in [2.05, 4.69) is 39.1 Å². The summed E-state index contributed by atoms with van der Waals surface area (Å²) in [5.41, 5.74) is 1.36. The molecule has 0 bridgehead atoms. The van der Waals surface area contributed by atoms with Crippen molar-refractivity contribution in [2.45, 2.75) is 33.7 Å². The van der Waals surface area contributed by atoms with Gasteiger partial charge in [-0.1, -0.05) is 57.5 Å². The Morgan fingerprint density at radius 1 is 1.27 bits per heavy atom. The van der Waals surface area contributed by atoms with Crippen LogP contribution in [-0.4, -0.2) is 6.54 Å². The Bertz CT molecular complexity index is 315. The fourth-order valence-electron chi connectivity index (χ4n) is 1.80. The normalized spacial score (nSPS) is 13.9. The van der Waals surface area contributed by atoms with Crippen LogP contribution in [0.3, 0.4) is 0 Å². The first-order valence-corrected chi connectivity index (χ1v) is 5.82. The smallest absolute Gasteiger partial charge is 0.0454 e. The molecule has 84 valence electrons. The Kier molecular flexibility index (Phi) is 4.18. The van der Waals surface area contributed by atoms with Crippen LogP contribution in [0.25, 0.3) is 0 Å². The van der Waals surface area contributed by atoms with Crippen molar-refractivity contribution < 1.29 is 0 Å². The summed E-state index contributed by atoms with van der Waals surface area (Å²) in [4.78, 5) is 0. The molecule has 0 aliphatic rings. The van der Waals surface area contributed by atoms with Crippen molar-refractivity contribution >= 4 is 11.6 Å². The lowest BCUT2D eigenvalue weighted by atomic mass is 9.82. The van der Waals surface area contributed by atoms with Crippen LogP contribution >= 0.6 is 11.6 Å². The summed E-state index contributed by atoms with van der Waals surface area (Å²) < 4.78 is 0. The van der Waals surface area contributed by atoms with Gasteiger partial charge in [0.15, 0.2) is 0 Å². The zero-order valence-electron chi connectivity index (χ0n) is 9.97. The van der Waals surface area contributed by atoms with Gasteiger partial charge in [-0.05, 0) is 23.6 Å². The summed E-state index contributed by atoms with van der Waals surface area (Å²) in [6, 6.07) is 8.36. The molecule has 0 spiro atoms. The minimum atomic E-state index is 0.168. The summed E-state index contributed by atoms with van der Waals surface area (Å²) in [7, 11) is 0. The van der Waals surface area contributed by atoms with Gasteiger partial charge in [0.25, 0.3) is 0 Å². The number of nitrogens with one attached hydrogen (secondary N) is 1. The first-order valence-electron chi connectivity index (χ1n) is 5.44. The summed E-state index contributed by atoms with van der Waals surface area (Å²) >= 11 is 6.22. The second-order valence-electron chi connectivity index (χ2n) is 4.88. The van der Waals surface area contributed by atoms with Gasteiger partial charge in [-0.25, -0.2) is 0 Å². The van der Waals surface area contributed by atoms with E-state index in [1.807, 2.05) is 18.2 Å². The molecule has 0 saturated heterocycles. The van der Waals surface area contributed by atoms with Gasteiger partial charge in [0.05, 0.1) is 0 Å². The summed E-state index contributed by atoms with van der Waals surface area (Å²) in [6.45, 7) is 9.75. The van der Waals surface area contributed by atoms with Gasteiger partial charge >= 0.3 is 0 Å². The average molecular weight is 226 g/mol. The molecule has 1 aromatic rings. The average Bonchev–Trinajstić information content (AvgIpc) is 2.14. The van der Waals surface area contributed by atoms with E-state index in [1.165, 1.54) is 5.56 Å². The highest BCUT2D eigenvalue weighted by Gasteiger charge is 2.26. The number of halogens is 1. The molecule has 0 saturated carbocycles. The predicted molar refractivity (Wildman–Crippen MR) is 67.3 cm³/mol. The van der Waals surface area contributed by atoms with Gasteiger partial charge in [0.1, 0.15) is 0 Å². The van der Waals surface area contributed by atoms with E-state index in [9.17, 15) is 0 Å². The van der Waals surface area contributed by atoms with Gasteiger partial charge in [-0.2, -0.15) is 0 Å². The van der Waals surface area contributed by atoms with Crippen molar-refractivity contribution in [3.05, 3.63) is 34.9 Å². The van der Waals surface area contributed by atoms with Crippen LogP contribution < -0.4 is 5.32 Å². The molecule has 0 fully saturated rings. The fourth-order valence-corrected chi connectivity index (χ4v) is 2.04. The molecule has 0 aliphatic carbocycles. The second kappa shape index (κ2) is 5.00. The molecule has 1 aromatic carbocycles. The number of hydrogen-bond donors (Lipinski definition) is 1. The zero-order chi connectivity index (χ0) is 11.5. The van der Waals surface area contributed by atoms with Crippen molar-refractivity contribution in [1.82, 2.24) is 5.32 Å². The minimum absolute atomic E-state index is 0.168. The molecule has 1 unspecified atom stereocenters. The topological polar surface area (TPSA) is 12.0 Å². The monoisotopic (exact) mass is 225 g/mol. The molecule has 1 atom stereocenters. The quantitative estimate of drug-likeness (QED) is 0.819. The van der Waals surface area contributed by atoms with E-state index in [1.54, 1.807) is 0 Å². The molecule has 1 rings (SSSR count). The van der Waals surface area contributed by atoms with Gasteiger partial charge in [0.2, 0.25) is 0 Å². The van der Waals surface area contributed by atoms with Crippen LogP contribution in [0.2, 0.25) is 5.02 Å². The summed E-state index contributed by atoms with van der Waals surface area (Å²) in [5, 5.41) is 4.34. The minimum Gasteiger partial charge on any atom is -0.310 e. The van der Waals surface area contributed by atoms with Crippen molar-refractivity contribution in [3.8, 4) is 0 Å². The Morgan fingerprint density at radius 3 is 2.33 bits per heavy atom. The number of hydrogen-bond acceptors (Lipinski definition) is 1.